The zero-order valence-corrected chi connectivity index (χ0v) is 14.4. The Kier molecular flexibility index (Phi) is 2.91. The smallest absolute Gasteiger partial charge is 0.134 e. The molecule has 3 saturated carbocycles. The number of aliphatic imine (C=N–C) groups is 2. The van der Waals surface area contributed by atoms with Crippen LogP contribution in [-0.2, 0) is 4.79 Å². The summed E-state index contributed by atoms with van der Waals surface area (Å²) in [6, 6.07) is 0.0691. The summed E-state index contributed by atoms with van der Waals surface area (Å²) < 4.78 is 0. The molecule has 1 N–H and O–H groups in total. The molecule has 3 aliphatic carbocycles. The van der Waals surface area contributed by atoms with Gasteiger partial charge in [-0.1, -0.05) is 20.3 Å². The van der Waals surface area contributed by atoms with E-state index in [-0.39, 0.29) is 17.9 Å². The first-order chi connectivity index (χ1) is 11.6. The fraction of sp³-hybridized carbons (Fsp3) is 0.750. The first kappa shape index (κ1) is 15.0. The minimum absolute atomic E-state index is 0.0691. The highest BCUT2D eigenvalue weighted by atomic mass is 16.3. The van der Waals surface area contributed by atoms with Crippen LogP contribution in [0.5, 0.6) is 0 Å². The van der Waals surface area contributed by atoms with Crippen molar-refractivity contribution >= 4 is 18.7 Å². The van der Waals surface area contributed by atoms with E-state index in [9.17, 15) is 9.90 Å². The molecule has 2 bridgehead atoms. The Bertz CT molecular complexity index is 683. The van der Waals surface area contributed by atoms with E-state index >= 15 is 0 Å². The molecule has 3 aliphatic heterocycles. The fourth-order valence-electron chi connectivity index (χ4n) is 6.99. The Morgan fingerprint density at radius 3 is 2.83 bits per heavy atom. The molecule has 0 unspecified atom stereocenters. The predicted octanol–water partition coefficient (Wildman–Crippen LogP) is 2.66. The predicted molar refractivity (Wildman–Crippen MR) is 93.1 cm³/mol. The number of carbonyl (C=O) groups is 1. The Morgan fingerprint density at radius 2 is 2.04 bits per heavy atom. The lowest BCUT2D eigenvalue weighted by atomic mass is 9.45. The lowest BCUT2D eigenvalue weighted by Gasteiger charge is -2.62. The van der Waals surface area contributed by atoms with Crippen LogP contribution in [0.25, 0.3) is 0 Å². The molecule has 0 aromatic rings. The van der Waals surface area contributed by atoms with Crippen molar-refractivity contribution in [3.8, 4) is 0 Å². The first-order valence-corrected chi connectivity index (χ1v) is 9.49. The minimum Gasteiger partial charge on any atom is -0.391 e. The van der Waals surface area contributed by atoms with Crippen molar-refractivity contribution in [3.05, 3.63) is 11.8 Å². The lowest BCUT2D eigenvalue weighted by Crippen LogP contribution is -2.71. The van der Waals surface area contributed by atoms with Crippen LogP contribution in [0, 0.1) is 40.4 Å². The summed E-state index contributed by atoms with van der Waals surface area (Å²) in [7, 11) is 0. The van der Waals surface area contributed by atoms with Crippen LogP contribution in [0.15, 0.2) is 21.8 Å². The molecular weight excluding hydrogens is 300 g/mol. The number of hydrogen-bond donors (Lipinski definition) is 1. The van der Waals surface area contributed by atoms with Crippen molar-refractivity contribution in [2.75, 3.05) is 0 Å². The maximum atomic E-state index is 12.3. The second-order valence-corrected chi connectivity index (χ2v) is 8.92. The average Bonchev–Trinajstić information content (AvgIpc) is 3.18. The van der Waals surface area contributed by atoms with Gasteiger partial charge in [-0.15, -0.1) is 0 Å². The van der Waals surface area contributed by atoms with Crippen molar-refractivity contribution in [1.82, 2.24) is 0 Å². The van der Waals surface area contributed by atoms with Gasteiger partial charge in [0.05, 0.1) is 23.0 Å². The molecule has 0 radical (unpaired) electrons. The Hall–Kier alpha value is -1.29. The van der Waals surface area contributed by atoms with E-state index in [4.69, 9.17) is 4.99 Å². The zero-order chi connectivity index (χ0) is 16.7. The van der Waals surface area contributed by atoms with Gasteiger partial charge >= 0.3 is 0 Å². The van der Waals surface area contributed by atoms with Gasteiger partial charge in [-0.3, -0.25) is 9.98 Å². The zero-order valence-electron chi connectivity index (χ0n) is 14.4. The Morgan fingerprint density at radius 1 is 1.21 bits per heavy atom. The summed E-state index contributed by atoms with van der Waals surface area (Å²) in [4.78, 5) is 21.8. The van der Waals surface area contributed by atoms with E-state index in [1.807, 2.05) is 18.6 Å². The topological polar surface area (TPSA) is 62.0 Å². The number of aliphatic hydroxyl groups is 1. The van der Waals surface area contributed by atoms with Crippen molar-refractivity contribution in [3.63, 3.8) is 0 Å². The van der Waals surface area contributed by atoms with Gasteiger partial charge in [0.1, 0.15) is 6.29 Å². The van der Waals surface area contributed by atoms with Crippen LogP contribution >= 0.6 is 0 Å². The van der Waals surface area contributed by atoms with Crippen LogP contribution in [0.4, 0.5) is 0 Å². The second-order valence-electron chi connectivity index (χ2n) is 8.92. The van der Waals surface area contributed by atoms with Crippen LogP contribution in [0.2, 0.25) is 0 Å². The molecule has 6 rings (SSSR count). The van der Waals surface area contributed by atoms with Gasteiger partial charge in [-0.25, -0.2) is 0 Å². The van der Waals surface area contributed by atoms with Crippen LogP contribution in [0.3, 0.4) is 0 Å². The lowest BCUT2D eigenvalue weighted by molar-refractivity contribution is -0.149. The highest BCUT2D eigenvalue weighted by Gasteiger charge is 2.72. The number of aliphatic hydroxyl groups excluding tert-OH is 1. The van der Waals surface area contributed by atoms with Gasteiger partial charge in [0.15, 0.2) is 0 Å². The number of fused-ring (bicyclic) bond motifs is 1. The van der Waals surface area contributed by atoms with E-state index < -0.39 is 16.9 Å². The number of aldehydes is 1. The third-order valence-electron chi connectivity index (χ3n) is 8.17. The highest BCUT2D eigenvalue weighted by molar-refractivity contribution is 5.93. The van der Waals surface area contributed by atoms with E-state index in [1.165, 1.54) is 5.57 Å². The van der Waals surface area contributed by atoms with Gasteiger partial charge in [0.2, 0.25) is 0 Å². The van der Waals surface area contributed by atoms with Crippen molar-refractivity contribution in [2.45, 2.75) is 51.7 Å². The summed E-state index contributed by atoms with van der Waals surface area (Å²) in [5.74, 6) is 2.00. The number of carbonyl (C=O) groups excluding carboxylic acids is 1. The summed E-state index contributed by atoms with van der Waals surface area (Å²) in [6.07, 6.45) is 10.5. The summed E-state index contributed by atoms with van der Waals surface area (Å²) in [5.41, 5.74) is 0.0666. The van der Waals surface area contributed by atoms with Gasteiger partial charge in [0.25, 0.3) is 0 Å². The van der Waals surface area contributed by atoms with Gasteiger partial charge in [-0.2, -0.15) is 0 Å². The molecule has 1 spiro atoms. The number of allylic oxidation sites excluding steroid dienone is 1. The van der Waals surface area contributed by atoms with E-state index in [0.717, 1.165) is 32.0 Å². The first-order valence-electron chi connectivity index (χ1n) is 9.49. The maximum Gasteiger partial charge on any atom is 0.134 e. The summed E-state index contributed by atoms with van der Waals surface area (Å²) in [5, 5.41) is 11.6. The number of hydrogen-bond acceptors (Lipinski definition) is 4. The normalized spacial score (nSPS) is 57.1. The molecule has 0 aromatic carbocycles. The maximum absolute atomic E-state index is 12.3. The molecule has 0 saturated heterocycles. The number of rotatable bonds is 1. The molecule has 4 heteroatoms. The summed E-state index contributed by atoms with van der Waals surface area (Å²) >= 11 is 0. The van der Waals surface area contributed by atoms with Crippen molar-refractivity contribution in [1.29, 1.82) is 0 Å². The molecule has 9 atom stereocenters. The minimum atomic E-state index is -0.815. The van der Waals surface area contributed by atoms with E-state index in [0.29, 0.717) is 17.8 Å². The SMILES string of the molecule is C[C@@H]1CC[C@H]2C1=CN=C[C@@]21[C@H]2N=C[C@](C=O)([C@H]3CC[C@@H](C)[C@H]32)[C@@H]1O. The molecule has 0 aromatic heterocycles. The van der Waals surface area contributed by atoms with Crippen LogP contribution in [0.1, 0.15) is 39.5 Å². The number of nitrogens with zero attached hydrogens (tertiary/aromatic N) is 2. The average molecular weight is 326 g/mol. The second kappa shape index (κ2) is 4.66. The van der Waals surface area contributed by atoms with Gasteiger partial charge in [-0.05, 0) is 54.4 Å². The molecule has 4 nitrogen and oxygen atoms in total. The largest absolute Gasteiger partial charge is 0.391 e. The van der Waals surface area contributed by atoms with Crippen LogP contribution in [-0.4, -0.2) is 36.0 Å². The van der Waals surface area contributed by atoms with Crippen molar-refractivity contribution < 1.29 is 9.90 Å². The Balaban J connectivity index is 1.71. The quantitative estimate of drug-likeness (QED) is 0.753. The van der Waals surface area contributed by atoms with Gasteiger partial charge < -0.3 is 9.90 Å². The van der Waals surface area contributed by atoms with Gasteiger partial charge in [0, 0.05) is 18.6 Å². The van der Waals surface area contributed by atoms with E-state index in [1.54, 1.807) is 0 Å². The Labute approximate surface area is 143 Å². The standard InChI is InChI=1S/C20H26N2O2/c1-11-3-5-14-13(11)7-21-9-20(14)17-16-12(2)4-6-15(16)19(10-23,8-22-17)18(20)24/h7-12,14-18,24H,3-6H2,1-2H3/t11-,12-,14+,15+,16-,17+,18+,19+,20+/m1/s1. The van der Waals surface area contributed by atoms with Crippen molar-refractivity contribution in [2.24, 2.45) is 50.4 Å². The third kappa shape index (κ3) is 1.44. The molecule has 3 fully saturated rings. The third-order valence-corrected chi connectivity index (χ3v) is 8.17. The molecule has 0 amide bonds. The molecular formula is C20H26N2O2. The molecule has 3 heterocycles. The molecule has 24 heavy (non-hydrogen) atoms. The molecule has 128 valence electrons. The van der Waals surface area contributed by atoms with E-state index in [2.05, 4.69) is 18.8 Å². The summed E-state index contributed by atoms with van der Waals surface area (Å²) in [6.45, 7) is 4.56. The van der Waals surface area contributed by atoms with Crippen LogP contribution < -0.4 is 0 Å². The highest BCUT2D eigenvalue weighted by Crippen LogP contribution is 2.66. The fourth-order valence-corrected chi connectivity index (χ4v) is 6.99. The molecule has 6 aliphatic rings. The monoisotopic (exact) mass is 326 g/mol.